The van der Waals surface area contributed by atoms with Gasteiger partial charge in [0.1, 0.15) is 22.5 Å². The van der Waals surface area contributed by atoms with E-state index in [0.717, 1.165) is 17.7 Å². The monoisotopic (exact) mass is 499 g/mol. The van der Waals surface area contributed by atoms with E-state index in [1.807, 2.05) is 30.3 Å². The maximum absolute atomic E-state index is 13.2. The summed E-state index contributed by atoms with van der Waals surface area (Å²) in [4.78, 5) is 25.8. The Balaban J connectivity index is 1.84. The number of hydrogen-bond donors (Lipinski definition) is 3. The molecule has 0 radical (unpaired) electrons. The molecule has 8 nitrogen and oxygen atoms in total. The van der Waals surface area contributed by atoms with Gasteiger partial charge in [-0.2, -0.15) is 0 Å². The van der Waals surface area contributed by atoms with Gasteiger partial charge in [0.15, 0.2) is 0 Å². The minimum absolute atomic E-state index is 0.0544. The molecule has 0 aliphatic heterocycles. The first-order chi connectivity index (χ1) is 16.7. The zero-order valence-electron chi connectivity index (χ0n) is 19.2. The van der Waals surface area contributed by atoms with Crippen LogP contribution < -0.4 is 20.1 Å². The van der Waals surface area contributed by atoms with E-state index < -0.39 is 33.7 Å². The summed E-state index contributed by atoms with van der Waals surface area (Å²) in [6.45, 7) is 1.87. The molecule has 0 saturated carbocycles. The summed E-state index contributed by atoms with van der Waals surface area (Å²) < 4.78 is 45.6. The molecular formula is C25H26FN3O5S. The molecule has 3 aromatic carbocycles. The van der Waals surface area contributed by atoms with E-state index in [2.05, 4.69) is 15.4 Å². The van der Waals surface area contributed by atoms with Crippen molar-refractivity contribution < 1.29 is 27.1 Å². The fraction of sp³-hybridized carbons (Fsp3) is 0.200. The van der Waals surface area contributed by atoms with Crippen LogP contribution in [0.15, 0.2) is 77.7 Å². The van der Waals surface area contributed by atoms with Crippen LogP contribution in [0.1, 0.15) is 22.8 Å². The maximum atomic E-state index is 13.2. The number of carbonyl (C=O) groups is 2. The Morgan fingerprint density at radius 2 is 1.69 bits per heavy atom. The average molecular weight is 500 g/mol. The van der Waals surface area contributed by atoms with E-state index in [9.17, 15) is 22.4 Å². The van der Waals surface area contributed by atoms with Crippen molar-refractivity contribution in [1.29, 1.82) is 0 Å². The van der Waals surface area contributed by atoms with Gasteiger partial charge >= 0.3 is 0 Å². The molecule has 0 saturated heterocycles. The second-order valence-electron chi connectivity index (χ2n) is 7.58. The lowest BCUT2D eigenvalue weighted by Gasteiger charge is -2.19. The molecule has 2 amide bonds. The normalized spacial score (nSPS) is 12.0. The quantitative estimate of drug-likeness (QED) is 0.397. The number of amides is 2. The maximum Gasteiger partial charge on any atom is 0.251 e. The van der Waals surface area contributed by atoms with Gasteiger partial charge in [0.25, 0.3) is 5.91 Å². The van der Waals surface area contributed by atoms with Crippen molar-refractivity contribution in [3.8, 4) is 5.75 Å². The second-order valence-corrected chi connectivity index (χ2v) is 9.31. The van der Waals surface area contributed by atoms with Crippen molar-refractivity contribution in [3.63, 3.8) is 0 Å². The highest BCUT2D eigenvalue weighted by Gasteiger charge is 2.24. The molecule has 3 rings (SSSR count). The molecule has 0 fully saturated rings. The average Bonchev–Trinajstić information content (AvgIpc) is 2.84. The lowest BCUT2D eigenvalue weighted by Crippen LogP contribution is -2.45. The number of anilines is 1. The minimum Gasteiger partial charge on any atom is -0.495 e. The molecule has 1 unspecified atom stereocenters. The van der Waals surface area contributed by atoms with Crippen LogP contribution >= 0.6 is 0 Å². The van der Waals surface area contributed by atoms with Crippen molar-refractivity contribution in [2.24, 2.45) is 0 Å². The van der Waals surface area contributed by atoms with E-state index in [4.69, 9.17) is 4.74 Å². The molecule has 3 aromatic rings. The molecule has 0 aliphatic carbocycles. The lowest BCUT2D eigenvalue weighted by atomic mass is 10.0. The highest BCUT2D eigenvalue weighted by atomic mass is 32.2. The summed E-state index contributed by atoms with van der Waals surface area (Å²) in [6.07, 6.45) is 0.198. The number of hydrogen-bond acceptors (Lipinski definition) is 5. The number of carbonyl (C=O) groups excluding carboxylic acids is 2. The third-order valence-electron chi connectivity index (χ3n) is 5.07. The lowest BCUT2D eigenvalue weighted by molar-refractivity contribution is -0.118. The van der Waals surface area contributed by atoms with Gasteiger partial charge in [0.2, 0.25) is 15.9 Å². The first-order valence-corrected chi connectivity index (χ1v) is 12.3. The fourth-order valence-electron chi connectivity index (χ4n) is 3.37. The third-order valence-corrected chi connectivity index (χ3v) is 6.65. The van der Waals surface area contributed by atoms with Crippen LogP contribution in [0.25, 0.3) is 0 Å². The molecule has 0 heterocycles. The van der Waals surface area contributed by atoms with Crippen LogP contribution in [0.3, 0.4) is 0 Å². The predicted molar refractivity (Wildman–Crippen MR) is 130 cm³/mol. The zero-order chi connectivity index (χ0) is 25.4. The summed E-state index contributed by atoms with van der Waals surface area (Å²) in [5.41, 5.74) is 1.31. The Kier molecular flexibility index (Phi) is 8.56. The molecule has 35 heavy (non-hydrogen) atoms. The van der Waals surface area contributed by atoms with Crippen molar-refractivity contribution in [2.45, 2.75) is 24.3 Å². The minimum atomic E-state index is -3.78. The van der Waals surface area contributed by atoms with Crippen LogP contribution in [-0.4, -0.2) is 39.9 Å². The smallest absolute Gasteiger partial charge is 0.251 e. The van der Waals surface area contributed by atoms with Gasteiger partial charge in [-0.05, 0) is 42.0 Å². The number of sulfonamides is 1. The van der Waals surface area contributed by atoms with Crippen LogP contribution in [0.5, 0.6) is 5.75 Å². The van der Waals surface area contributed by atoms with Crippen LogP contribution in [0, 0.1) is 5.82 Å². The summed E-state index contributed by atoms with van der Waals surface area (Å²) in [6, 6.07) is 17.3. The number of rotatable bonds is 10. The first-order valence-electron chi connectivity index (χ1n) is 10.8. The van der Waals surface area contributed by atoms with E-state index in [1.54, 1.807) is 6.92 Å². The molecule has 0 aliphatic rings. The molecule has 10 heteroatoms. The van der Waals surface area contributed by atoms with Crippen molar-refractivity contribution in [2.75, 3.05) is 19.0 Å². The Hall–Kier alpha value is -3.76. The van der Waals surface area contributed by atoms with Crippen LogP contribution in [0.4, 0.5) is 10.1 Å². The fourth-order valence-corrected chi connectivity index (χ4v) is 4.56. The topological polar surface area (TPSA) is 114 Å². The summed E-state index contributed by atoms with van der Waals surface area (Å²) in [5, 5.41) is 5.40. The highest BCUT2D eigenvalue weighted by molar-refractivity contribution is 7.89. The third kappa shape index (κ3) is 6.87. The molecule has 3 N–H and O–H groups in total. The van der Waals surface area contributed by atoms with Gasteiger partial charge in [-0.3, -0.25) is 9.59 Å². The van der Waals surface area contributed by atoms with Gasteiger partial charge < -0.3 is 15.4 Å². The van der Waals surface area contributed by atoms with Gasteiger partial charge in [-0.15, -0.1) is 0 Å². The largest absolute Gasteiger partial charge is 0.495 e. The zero-order valence-corrected chi connectivity index (χ0v) is 20.1. The number of benzene rings is 3. The number of nitrogens with one attached hydrogen (secondary N) is 3. The molecule has 0 aromatic heterocycles. The Bertz CT molecular complexity index is 1280. The molecule has 184 valence electrons. The summed E-state index contributed by atoms with van der Waals surface area (Å²) in [7, 11) is -2.45. The molecule has 0 bridgehead atoms. The van der Waals surface area contributed by atoms with E-state index >= 15 is 0 Å². The Morgan fingerprint density at radius 1 is 1.00 bits per heavy atom. The summed E-state index contributed by atoms with van der Waals surface area (Å²) in [5.74, 6) is -1.48. The first kappa shape index (κ1) is 25.9. The van der Waals surface area contributed by atoms with E-state index in [0.29, 0.717) is 0 Å². The standard InChI is InChI=1S/C25H26FN3O5S/c1-3-27-35(32,33)23-14-13-20(16-22(23)34-2)28-25(31)21(15-17-7-5-4-6-8-17)29-24(30)18-9-11-19(26)12-10-18/h4-14,16,21,27H,3,15H2,1-2H3,(H,28,31)(H,29,30). The molecule has 1 atom stereocenters. The Morgan fingerprint density at radius 3 is 2.31 bits per heavy atom. The van der Waals surface area contributed by atoms with Gasteiger partial charge in [0, 0.05) is 30.3 Å². The van der Waals surface area contributed by atoms with E-state index in [1.165, 1.54) is 37.4 Å². The van der Waals surface area contributed by atoms with Crippen molar-refractivity contribution >= 4 is 27.5 Å². The SMILES string of the molecule is CCNS(=O)(=O)c1ccc(NC(=O)C(Cc2ccccc2)NC(=O)c2ccc(F)cc2)cc1OC. The second kappa shape index (κ2) is 11.6. The molecule has 0 spiro atoms. The van der Waals surface area contributed by atoms with Gasteiger partial charge in [0.05, 0.1) is 7.11 Å². The number of ether oxygens (including phenoxy) is 1. The predicted octanol–water partition coefficient (Wildman–Crippen LogP) is 3.11. The van der Waals surface area contributed by atoms with Crippen molar-refractivity contribution in [3.05, 3.63) is 89.7 Å². The van der Waals surface area contributed by atoms with Crippen LogP contribution in [0.2, 0.25) is 0 Å². The summed E-state index contributed by atoms with van der Waals surface area (Å²) >= 11 is 0. The van der Waals surface area contributed by atoms with Crippen molar-refractivity contribution in [1.82, 2.24) is 10.0 Å². The number of methoxy groups -OCH3 is 1. The Labute approximate surface area is 203 Å². The van der Waals surface area contributed by atoms with Gasteiger partial charge in [-0.1, -0.05) is 37.3 Å². The van der Waals surface area contributed by atoms with Crippen LogP contribution in [-0.2, 0) is 21.2 Å². The number of halogens is 1. The highest BCUT2D eigenvalue weighted by Crippen LogP contribution is 2.27. The molecular weight excluding hydrogens is 473 g/mol. The van der Waals surface area contributed by atoms with Gasteiger partial charge in [-0.25, -0.2) is 17.5 Å². The van der Waals surface area contributed by atoms with E-state index in [-0.39, 0.29) is 34.9 Å².